The molecule has 2 aliphatic heterocycles. The zero-order valence-electron chi connectivity index (χ0n) is 23.2. The Balaban J connectivity index is 0.00000506. The number of pyridine rings is 1. The van der Waals surface area contributed by atoms with E-state index in [0.717, 1.165) is 6.07 Å². The van der Waals surface area contributed by atoms with Crippen LogP contribution in [0.25, 0.3) is 0 Å². The Kier molecular flexibility index (Phi) is 9.94. The standard InChI is InChI=1S/C28H30F5N5O4.CH4/c1-26(2,3)24(40)35-21(15-42-14-17-7-8-18(29)12-20(17)30)23(39)37-11-9-22-27(16-37,13-19-6-4-5-10-34-19)25(41)38(36-22)28(31,32)33;/h4-8,10,12,21H,9,11,13-16H2,1-3H3,(H,35,40);1H4/t21-,27-;/m1./s1. The zero-order chi connectivity index (χ0) is 30.9. The number of carbonyl (C=O) groups is 3. The molecule has 0 spiro atoms. The number of aromatic nitrogens is 1. The Morgan fingerprint density at radius 3 is 2.47 bits per heavy atom. The fraction of sp³-hybridized carbons (Fsp3) is 0.483. The molecule has 1 saturated heterocycles. The molecule has 0 radical (unpaired) electrons. The van der Waals surface area contributed by atoms with Crippen LogP contribution in [0.5, 0.6) is 0 Å². The van der Waals surface area contributed by atoms with Gasteiger partial charge in [-0.05, 0) is 18.2 Å². The van der Waals surface area contributed by atoms with Crippen molar-refractivity contribution >= 4 is 23.4 Å². The molecule has 0 bridgehead atoms. The van der Waals surface area contributed by atoms with Crippen LogP contribution in [0, 0.1) is 22.5 Å². The fourth-order valence-electron chi connectivity index (χ4n) is 4.78. The number of fused-ring (bicyclic) bond motifs is 1. The topological polar surface area (TPSA) is 104 Å². The van der Waals surface area contributed by atoms with Gasteiger partial charge in [0.15, 0.2) is 0 Å². The zero-order valence-corrected chi connectivity index (χ0v) is 23.2. The number of hydrogen-bond acceptors (Lipinski definition) is 6. The molecular formula is C29H34F5N5O4. The first-order chi connectivity index (χ1) is 19.6. The lowest BCUT2D eigenvalue weighted by Crippen LogP contribution is -2.60. The maximum Gasteiger partial charge on any atom is 0.507 e. The van der Waals surface area contributed by atoms with Crippen molar-refractivity contribution in [3.8, 4) is 0 Å². The first-order valence-corrected chi connectivity index (χ1v) is 13.1. The van der Waals surface area contributed by atoms with Crippen molar-refractivity contribution in [3.05, 3.63) is 65.5 Å². The van der Waals surface area contributed by atoms with Crippen LogP contribution in [-0.4, -0.2) is 70.4 Å². The third-order valence-electron chi connectivity index (χ3n) is 7.06. The van der Waals surface area contributed by atoms with Gasteiger partial charge in [-0.2, -0.15) is 5.10 Å². The number of hydrogen-bond donors (Lipinski definition) is 1. The highest BCUT2D eigenvalue weighted by Crippen LogP contribution is 2.42. The van der Waals surface area contributed by atoms with Crippen molar-refractivity contribution in [2.24, 2.45) is 15.9 Å². The van der Waals surface area contributed by atoms with Crippen LogP contribution >= 0.6 is 0 Å². The summed E-state index contributed by atoms with van der Waals surface area (Å²) in [6.45, 7) is 3.56. The first kappa shape index (κ1) is 33.6. The Hall–Kier alpha value is -3.94. The summed E-state index contributed by atoms with van der Waals surface area (Å²) in [7, 11) is 0. The number of carbonyl (C=O) groups excluding carboxylic acids is 3. The van der Waals surface area contributed by atoms with Crippen molar-refractivity contribution in [1.29, 1.82) is 0 Å². The summed E-state index contributed by atoms with van der Waals surface area (Å²) >= 11 is 0. The number of ether oxygens (including phenoxy) is 1. The minimum atomic E-state index is -5.07. The number of piperidine rings is 1. The van der Waals surface area contributed by atoms with E-state index in [1.165, 1.54) is 17.2 Å². The summed E-state index contributed by atoms with van der Waals surface area (Å²) < 4.78 is 74.0. The van der Waals surface area contributed by atoms with E-state index in [2.05, 4.69) is 15.4 Å². The average molecular weight is 612 g/mol. The number of likely N-dealkylation sites (tertiary alicyclic amines) is 1. The van der Waals surface area contributed by atoms with Crippen molar-refractivity contribution in [2.75, 3.05) is 19.7 Å². The van der Waals surface area contributed by atoms with Gasteiger partial charge in [-0.25, -0.2) is 8.78 Å². The minimum Gasteiger partial charge on any atom is -0.374 e. The smallest absolute Gasteiger partial charge is 0.374 e. The number of hydrazone groups is 1. The lowest BCUT2D eigenvalue weighted by molar-refractivity contribution is -0.241. The van der Waals surface area contributed by atoms with Gasteiger partial charge in [-0.1, -0.05) is 40.3 Å². The van der Waals surface area contributed by atoms with Crippen LogP contribution in [0.2, 0.25) is 0 Å². The van der Waals surface area contributed by atoms with Gasteiger partial charge in [-0.15, -0.1) is 18.2 Å². The molecule has 3 heterocycles. The van der Waals surface area contributed by atoms with Crippen molar-refractivity contribution in [1.82, 2.24) is 20.2 Å². The molecule has 1 N–H and O–H groups in total. The molecule has 2 aromatic rings. The second-order valence-electron chi connectivity index (χ2n) is 11.2. The van der Waals surface area contributed by atoms with Crippen LogP contribution in [0.3, 0.4) is 0 Å². The molecule has 0 aliphatic carbocycles. The number of alkyl halides is 3. The van der Waals surface area contributed by atoms with Gasteiger partial charge in [0.1, 0.15) is 23.1 Å². The third-order valence-corrected chi connectivity index (χ3v) is 7.06. The monoisotopic (exact) mass is 611 g/mol. The van der Waals surface area contributed by atoms with Gasteiger partial charge in [0, 0.05) is 54.9 Å². The first-order valence-electron chi connectivity index (χ1n) is 13.1. The second-order valence-corrected chi connectivity index (χ2v) is 11.2. The van der Waals surface area contributed by atoms with E-state index in [1.54, 1.807) is 39.0 Å². The van der Waals surface area contributed by atoms with Gasteiger partial charge in [0.2, 0.25) is 11.8 Å². The normalized spacial score (nSPS) is 19.3. The van der Waals surface area contributed by atoms with Crippen molar-refractivity contribution in [3.63, 3.8) is 0 Å². The van der Waals surface area contributed by atoms with Gasteiger partial charge >= 0.3 is 6.30 Å². The number of halogens is 5. The lowest BCUT2D eigenvalue weighted by atomic mass is 9.74. The molecule has 4 rings (SSSR count). The molecule has 1 aromatic carbocycles. The highest BCUT2D eigenvalue weighted by Gasteiger charge is 2.60. The van der Waals surface area contributed by atoms with E-state index >= 15 is 0 Å². The summed E-state index contributed by atoms with van der Waals surface area (Å²) in [5.41, 5.74) is -2.41. The lowest BCUT2D eigenvalue weighted by Gasteiger charge is -2.40. The maximum atomic E-state index is 14.1. The molecule has 234 valence electrons. The van der Waals surface area contributed by atoms with Crippen LogP contribution < -0.4 is 5.32 Å². The second kappa shape index (κ2) is 12.7. The van der Waals surface area contributed by atoms with Crippen LogP contribution in [-0.2, 0) is 32.1 Å². The number of nitrogens with one attached hydrogen (secondary N) is 1. The van der Waals surface area contributed by atoms with Gasteiger partial charge in [-0.3, -0.25) is 19.4 Å². The number of amides is 3. The highest BCUT2D eigenvalue weighted by atomic mass is 19.4. The summed E-state index contributed by atoms with van der Waals surface area (Å²) in [6.07, 6.45) is -3.99. The van der Waals surface area contributed by atoms with Crippen molar-refractivity contribution < 1.29 is 41.1 Å². The quantitative estimate of drug-likeness (QED) is 0.356. The maximum absolute atomic E-state index is 14.1. The van der Waals surface area contributed by atoms with E-state index in [1.807, 2.05) is 0 Å². The van der Waals surface area contributed by atoms with E-state index in [4.69, 9.17) is 4.74 Å². The summed E-state index contributed by atoms with van der Waals surface area (Å²) in [5.74, 6) is -4.18. The predicted octanol–water partition coefficient (Wildman–Crippen LogP) is 4.22. The number of benzene rings is 1. The molecule has 2 atom stereocenters. The largest absolute Gasteiger partial charge is 0.507 e. The van der Waals surface area contributed by atoms with Gasteiger partial charge in [0.25, 0.3) is 5.91 Å². The Labute approximate surface area is 246 Å². The molecule has 3 amide bonds. The van der Waals surface area contributed by atoms with E-state index in [9.17, 15) is 36.3 Å². The molecule has 1 aromatic heterocycles. The number of rotatable bonds is 8. The third kappa shape index (κ3) is 7.35. The number of nitrogens with zero attached hydrogens (tertiary/aromatic N) is 4. The SMILES string of the molecule is C.CC(C)(C)C(=O)N[C@H](COCc1ccc(F)cc1F)C(=O)N1CCC2=NN(C(F)(F)F)C(=O)[C@]2(Cc2ccccn2)C1. The van der Waals surface area contributed by atoms with Crippen LogP contribution in [0.15, 0.2) is 47.7 Å². The summed E-state index contributed by atoms with van der Waals surface area (Å²) in [6, 6.07) is 6.39. The molecule has 0 unspecified atom stereocenters. The highest BCUT2D eigenvalue weighted by molar-refractivity contribution is 6.14. The molecule has 2 aliphatic rings. The van der Waals surface area contributed by atoms with Gasteiger partial charge in [0.05, 0.1) is 18.9 Å². The minimum absolute atomic E-state index is 0. The van der Waals surface area contributed by atoms with Gasteiger partial charge < -0.3 is 15.0 Å². The molecule has 43 heavy (non-hydrogen) atoms. The summed E-state index contributed by atoms with van der Waals surface area (Å²) in [5, 5.41) is 5.70. The Bertz CT molecular complexity index is 1380. The summed E-state index contributed by atoms with van der Waals surface area (Å²) in [4.78, 5) is 45.3. The molecule has 9 nitrogen and oxygen atoms in total. The van der Waals surface area contributed by atoms with E-state index in [-0.39, 0.29) is 44.7 Å². The predicted molar refractivity (Wildman–Crippen MR) is 146 cm³/mol. The molecule has 0 saturated carbocycles. The average Bonchev–Trinajstić information content (AvgIpc) is 3.20. The van der Waals surface area contributed by atoms with E-state index < -0.39 is 70.7 Å². The van der Waals surface area contributed by atoms with Crippen LogP contribution in [0.4, 0.5) is 22.0 Å². The van der Waals surface area contributed by atoms with E-state index in [0.29, 0.717) is 11.8 Å². The molecule has 14 heteroatoms. The Morgan fingerprint density at radius 1 is 1.14 bits per heavy atom. The van der Waals surface area contributed by atoms with Crippen molar-refractivity contribution in [2.45, 2.75) is 60.0 Å². The molecule has 1 fully saturated rings. The fourth-order valence-corrected chi connectivity index (χ4v) is 4.78. The van der Waals surface area contributed by atoms with Crippen LogP contribution in [0.1, 0.15) is 45.9 Å². The Morgan fingerprint density at radius 2 is 1.86 bits per heavy atom. The molecular weight excluding hydrogens is 577 g/mol.